The second kappa shape index (κ2) is 9.74. The molecule has 6 atom stereocenters. The van der Waals surface area contributed by atoms with Crippen LogP contribution in [-0.4, -0.2) is 0 Å². The van der Waals surface area contributed by atoms with Crippen molar-refractivity contribution in [1.29, 1.82) is 0 Å². The summed E-state index contributed by atoms with van der Waals surface area (Å²) in [7, 11) is 0. The van der Waals surface area contributed by atoms with E-state index >= 15 is 0 Å². The van der Waals surface area contributed by atoms with E-state index in [9.17, 15) is 0 Å². The molecule has 0 aliphatic heterocycles. The molecule has 0 amide bonds. The summed E-state index contributed by atoms with van der Waals surface area (Å²) in [5.74, 6) is 6.16. The van der Waals surface area contributed by atoms with Crippen LogP contribution in [0.3, 0.4) is 0 Å². The fraction of sp³-hybridized carbons (Fsp3) is 0.862. The molecule has 0 aromatic carbocycles. The Hall–Kier alpha value is -0.520. The Morgan fingerprint density at radius 2 is 1.66 bits per heavy atom. The van der Waals surface area contributed by atoms with Crippen molar-refractivity contribution in [3.8, 4) is 0 Å². The van der Waals surface area contributed by atoms with Crippen molar-refractivity contribution in [3.05, 3.63) is 23.3 Å². The highest BCUT2D eigenvalue weighted by Gasteiger charge is 2.50. The number of hydrogen-bond donors (Lipinski definition) is 0. The molecule has 1 unspecified atom stereocenters. The van der Waals surface area contributed by atoms with E-state index in [-0.39, 0.29) is 0 Å². The van der Waals surface area contributed by atoms with E-state index in [1.807, 2.05) is 5.57 Å². The molecule has 0 radical (unpaired) electrons. The first-order valence-corrected chi connectivity index (χ1v) is 13.1. The summed E-state index contributed by atoms with van der Waals surface area (Å²) in [6.45, 7) is 17.4. The number of allylic oxidation sites excluding steroid dienone is 4. The second-order valence-electron chi connectivity index (χ2n) is 12.2. The molecular weight excluding hydrogens is 348 g/mol. The van der Waals surface area contributed by atoms with Gasteiger partial charge in [-0.1, -0.05) is 91.0 Å². The molecule has 0 bridgehead atoms. The molecule has 0 aromatic heterocycles. The van der Waals surface area contributed by atoms with Crippen LogP contribution in [0.2, 0.25) is 0 Å². The van der Waals surface area contributed by atoms with Crippen molar-refractivity contribution in [3.63, 3.8) is 0 Å². The minimum Gasteiger partial charge on any atom is -0.0697 e. The molecule has 3 aliphatic rings. The lowest BCUT2D eigenvalue weighted by Crippen LogP contribution is -2.36. The Morgan fingerprint density at radius 1 is 0.966 bits per heavy atom. The second-order valence-corrected chi connectivity index (χ2v) is 12.2. The molecule has 0 heterocycles. The summed E-state index contributed by atoms with van der Waals surface area (Å²) in [6.07, 6.45) is 19.3. The highest BCUT2D eigenvalue weighted by atomic mass is 14.5. The van der Waals surface area contributed by atoms with E-state index in [2.05, 4.69) is 60.6 Å². The third-order valence-electron chi connectivity index (χ3n) is 9.66. The maximum Gasteiger partial charge on any atom is -0.0143 e. The molecule has 0 N–H and O–H groups in total. The molecule has 29 heavy (non-hydrogen) atoms. The molecule has 3 fully saturated rings. The zero-order valence-corrected chi connectivity index (χ0v) is 20.8. The highest BCUT2D eigenvalue weighted by molar-refractivity contribution is 5.26. The van der Waals surface area contributed by atoms with Gasteiger partial charge in [0.1, 0.15) is 0 Å². The molecular formula is C29H50. The molecule has 166 valence electrons. The van der Waals surface area contributed by atoms with Gasteiger partial charge in [-0.15, -0.1) is 0 Å². The average molecular weight is 399 g/mol. The number of rotatable bonds is 6. The van der Waals surface area contributed by atoms with Crippen LogP contribution in [0.25, 0.3) is 0 Å². The monoisotopic (exact) mass is 398 g/mol. The predicted molar refractivity (Wildman–Crippen MR) is 129 cm³/mol. The van der Waals surface area contributed by atoms with Crippen LogP contribution in [-0.2, 0) is 0 Å². The van der Waals surface area contributed by atoms with E-state index in [4.69, 9.17) is 0 Å². The first-order chi connectivity index (χ1) is 13.7. The molecule has 0 heteroatoms. The maximum absolute atomic E-state index is 2.67. The van der Waals surface area contributed by atoms with E-state index < -0.39 is 0 Å². The lowest BCUT2D eigenvalue weighted by molar-refractivity contribution is 0.0929. The normalized spacial score (nSPS) is 40.3. The summed E-state index contributed by atoms with van der Waals surface area (Å²) in [4.78, 5) is 0. The van der Waals surface area contributed by atoms with Crippen LogP contribution in [0, 0.1) is 46.8 Å². The van der Waals surface area contributed by atoms with Crippen molar-refractivity contribution < 1.29 is 0 Å². The minimum absolute atomic E-state index is 0.571. The van der Waals surface area contributed by atoms with Crippen LogP contribution in [0.5, 0.6) is 0 Å². The van der Waals surface area contributed by atoms with Gasteiger partial charge in [-0.3, -0.25) is 0 Å². The van der Waals surface area contributed by atoms with Gasteiger partial charge in [0, 0.05) is 0 Å². The SMILES string of the molecule is CC(C)CCC[C@@H](C)C1CC[C@H]2/C(=C/C=C3C[C@@H](C)C(C)[C@H](C)C3)CCC[C@]12C. The Balaban J connectivity index is 1.68. The molecule has 0 saturated heterocycles. The molecule has 3 saturated carbocycles. The third-order valence-corrected chi connectivity index (χ3v) is 9.66. The van der Waals surface area contributed by atoms with Gasteiger partial charge in [-0.2, -0.15) is 0 Å². The molecule has 3 rings (SSSR count). The van der Waals surface area contributed by atoms with Crippen molar-refractivity contribution in [2.24, 2.45) is 46.8 Å². The fourth-order valence-electron chi connectivity index (χ4n) is 7.47. The van der Waals surface area contributed by atoms with Gasteiger partial charge in [0.25, 0.3) is 0 Å². The van der Waals surface area contributed by atoms with Crippen LogP contribution in [0.1, 0.15) is 113 Å². The fourth-order valence-corrected chi connectivity index (χ4v) is 7.47. The van der Waals surface area contributed by atoms with Gasteiger partial charge in [-0.05, 0) is 91.8 Å². The van der Waals surface area contributed by atoms with E-state index in [1.165, 1.54) is 64.2 Å². The summed E-state index contributed by atoms with van der Waals surface area (Å²) in [5.41, 5.74) is 4.10. The Bertz CT molecular complexity index is 579. The average Bonchev–Trinajstić information content (AvgIpc) is 3.01. The first kappa shape index (κ1) is 23.1. The molecule has 0 nitrogen and oxygen atoms in total. The van der Waals surface area contributed by atoms with Gasteiger partial charge in [0.2, 0.25) is 0 Å². The molecule has 0 aromatic rings. The Morgan fingerprint density at radius 3 is 2.31 bits per heavy atom. The zero-order valence-electron chi connectivity index (χ0n) is 20.8. The lowest BCUT2D eigenvalue weighted by Gasteiger charge is -2.44. The number of fused-ring (bicyclic) bond motifs is 1. The first-order valence-electron chi connectivity index (χ1n) is 13.1. The third kappa shape index (κ3) is 5.22. The van der Waals surface area contributed by atoms with Crippen molar-refractivity contribution >= 4 is 0 Å². The Kier molecular flexibility index (Phi) is 7.77. The van der Waals surface area contributed by atoms with Gasteiger partial charge in [0.05, 0.1) is 0 Å². The quantitative estimate of drug-likeness (QED) is 0.418. The molecule has 0 spiro atoms. The van der Waals surface area contributed by atoms with Crippen LogP contribution in [0.4, 0.5) is 0 Å². The van der Waals surface area contributed by atoms with Gasteiger partial charge in [0.15, 0.2) is 0 Å². The summed E-state index contributed by atoms with van der Waals surface area (Å²) >= 11 is 0. The minimum atomic E-state index is 0.571. The topological polar surface area (TPSA) is 0 Å². The van der Waals surface area contributed by atoms with E-state index in [1.54, 1.807) is 5.57 Å². The van der Waals surface area contributed by atoms with Crippen molar-refractivity contribution in [2.75, 3.05) is 0 Å². The zero-order chi connectivity index (χ0) is 21.2. The predicted octanol–water partition coefficient (Wildman–Crippen LogP) is 9.22. The summed E-state index contributed by atoms with van der Waals surface area (Å²) in [5, 5.41) is 0. The van der Waals surface area contributed by atoms with Crippen molar-refractivity contribution in [2.45, 2.75) is 113 Å². The van der Waals surface area contributed by atoms with Crippen molar-refractivity contribution in [1.82, 2.24) is 0 Å². The van der Waals surface area contributed by atoms with Gasteiger partial charge < -0.3 is 0 Å². The van der Waals surface area contributed by atoms with E-state index in [0.29, 0.717) is 5.41 Å². The molecule has 3 aliphatic carbocycles. The summed E-state index contributed by atoms with van der Waals surface area (Å²) in [6, 6.07) is 0. The van der Waals surface area contributed by atoms with Gasteiger partial charge >= 0.3 is 0 Å². The standard InChI is InChI=1S/C29H50/c1-20(2)10-8-11-21(3)27-15-16-28-26(12-9-17-29(27,28)7)14-13-25-18-22(4)24(6)23(5)19-25/h13-14,20-24,27-28H,8-12,15-19H2,1-7H3/b25-13?,26-14+/t21-,22-,23-,24?,27?,28+,29-/m1/s1. The number of hydrogen-bond acceptors (Lipinski definition) is 0. The maximum atomic E-state index is 2.67. The smallest absolute Gasteiger partial charge is 0.0143 e. The van der Waals surface area contributed by atoms with E-state index in [0.717, 1.165) is 41.4 Å². The summed E-state index contributed by atoms with van der Waals surface area (Å²) < 4.78 is 0. The van der Waals surface area contributed by atoms with Gasteiger partial charge in [-0.25, -0.2) is 0 Å². The highest BCUT2D eigenvalue weighted by Crippen LogP contribution is 2.60. The lowest BCUT2D eigenvalue weighted by atomic mass is 9.60. The van der Waals surface area contributed by atoms with Crippen LogP contribution >= 0.6 is 0 Å². The largest absolute Gasteiger partial charge is 0.0697 e. The van der Waals surface area contributed by atoms with Crippen LogP contribution < -0.4 is 0 Å². The van der Waals surface area contributed by atoms with Crippen LogP contribution in [0.15, 0.2) is 23.3 Å². The Labute approximate surface area is 183 Å².